The third-order valence-corrected chi connectivity index (χ3v) is 3.51. The summed E-state index contributed by atoms with van der Waals surface area (Å²) < 4.78 is 0. The van der Waals surface area contributed by atoms with E-state index in [0.29, 0.717) is 0 Å². The molecule has 0 aliphatic heterocycles. The van der Waals surface area contributed by atoms with Crippen LogP contribution in [0, 0.1) is 0 Å². The van der Waals surface area contributed by atoms with Crippen molar-refractivity contribution in [1.82, 2.24) is 14.9 Å². The van der Waals surface area contributed by atoms with Crippen LogP contribution in [0.4, 0.5) is 0 Å². The van der Waals surface area contributed by atoms with Crippen molar-refractivity contribution in [2.45, 2.75) is 33.7 Å². The molecule has 0 aromatic carbocycles. The summed E-state index contributed by atoms with van der Waals surface area (Å²) in [7, 11) is 0. The Morgan fingerprint density at radius 2 is 1.95 bits per heavy atom. The lowest BCUT2D eigenvalue weighted by molar-refractivity contribution is 0.295. The first kappa shape index (κ1) is 13.7. The summed E-state index contributed by atoms with van der Waals surface area (Å²) in [6.45, 7) is 9.17. The predicted octanol–water partition coefficient (Wildman–Crippen LogP) is 2.33. The van der Waals surface area contributed by atoms with Crippen LogP contribution in [0.3, 0.4) is 0 Å². The van der Waals surface area contributed by atoms with Crippen molar-refractivity contribution in [3.05, 3.63) is 39.8 Å². The molecule has 0 saturated heterocycles. The highest BCUT2D eigenvalue weighted by molar-refractivity contribution is 5.74. The molecule has 0 spiro atoms. The lowest BCUT2D eigenvalue weighted by atomic mass is 10.1. The lowest BCUT2D eigenvalue weighted by Crippen LogP contribution is -2.22. The smallest absolute Gasteiger partial charge is 0.251 e. The second kappa shape index (κ2) is 5.97. The van der Waals surface area contributed by atoms with Crippen LogP contribution in [-0.4, -0.2) is 28.0 Å². The minimum Gasteiger partial charge on any atom is -0.320 e. The van der Waals surface area contributed by atoms with Crippen molar-refractivity contribution in [3.63, 3.8) is 0 Å². The van der Waals surface area contributed by atoms with E-state index in [-0.39, 0.29) is 5.56 Å². The summed E-state index contributed by atoms with van der Waals surface area (Å²) in [5.41, 5.74) is 3.61. The summed E-state index contributed by atoms with van der Waals surface area (Å²) in [6, 6.07) is 3.91. The fraction of sp³-hybridized carbons (Fsp3) is 0.467. The first-order valence-corrected chi connectivity index (χ1v) is 6.91. The molecule has 2 aromatic heterocycles. The zero-order valence-electron chi connectivity index (χ0n) is 11.9. The van der Waals surface area contributed by atoms with Crippen LogP contribution >= 0.6 is 0 Å². The predicted molar refractivity (Wildman–Crippen MR) is 78.4 cm³/mol. The monoisotopic (exact) mass is 259 g/mol. The van der Waals surface area contributed by atoms with Crippen molar-refractivity contribution in [3.8, 4) is 0 Å². The molecule has 1 N–H and O–H groups in total. The van der Waals surface area contributed by atoms with Gasteiger partial charge in [-0.1, -0.05) is 20.8 Å². The Kier molecular flexibility index (Phi) is 4.32. The van der Waals surface area contributed by atoms with E-state index in [0.717, 1.165) is 48.2 Å². The SMILES string of the molecule is CCc1cc2ncc(CN(CC)CC)cc2[nH]c1=O. The topological polar surface area (TPSA) is 49.0 Å². The molecule has 102 valence electrons. The van der Waals surface area contributed by atoms with Crippen molar-refractivity contribution >= 4 is 11.0 Å². The van der Waals surface area contributed by atoms with E-state index in [1.165, 1.54) is 0 Å². The molecule has 0 unspecified atom stereocenters. The van der Waals surface area contributed by atoms with Gasteiger partial charge in [0, 0.05) is 18.3 Å². The Labute approximate surface area is 113 Å². The number of hydrogen-bond donors (Lipinski definition) is 1. The largest absolute Gasteiger partial charge is 0.320 e. The number of nitrogens with zero attached hydrogens (tertiary/aromatic N) is 2. The highest BCUT2D eigenvalue weighted by atomic mass is 16.1. The second-order valence-corrected chi connectivity index (χ2v) is 4.72. The summed E-state index contributed by atoms with van der Waals surface area (Å²) >= 11 is 0. The van der Waals surface area contributed by atoms with E-state index >= 15 is 0 Å². The van der Waals surface area contributed by atoms with Gasteiger partial charge in [0.25, 0.3) is 5.56 Å². The van der Waals surface area contributed by atoms with Crippen LogP contribution in [-0.2, 0) is 13.0 Å². The van der Waals surface area contributed by atoms with Gasteiger partial charge in [-0.2, -0.15) is 0 Å². The van der Waals surface area contributed by atoms with Gasteiger partial charge in [-0.15, -0.1) is 0 Å². The number of rotatable bonds is 5. The maximum absolute atomic E-state index is 11.8. The zero-order valence-corrected chi connectivity index (χ0v) is 11.9. The molecule has 4 nitrogen and oxygen atoms in total. The van der Waals surface area contributed by atoms with Gasteiger partial charge < -0.3 is 4.98 Å². The molecule has 0 aliphatic carbocycles. The normalized spacial score (nSPS) is 11.4. The summed E-state index contributed by atoms with van der Waals surface area (Å²) in [5.74, 6) is 0. The number of H-pyrrole nitrogens is 1. The van der Waals surface area contributed by atoms with Gasteiger partial charge in [0.1, 0.15) is 0 Å². The Morgan fingerprint density at radius 1 is 1.21 bits per heavy atom. The van der Waals surface area contributed by atoms with Crippen molar-refractivity contribution in [2.75, 3.05) is 13.1 Å². The van der Waals surface area contributed by atoms with E-state index in [9.17, 15) is 4.79 Å². The third kappa shape index (κ3) is 3.01. The van der Waals surface area contributed by atoms with Crippen LogP contribution in [0.1, 0.15) is 31.9 Å². The van der Waals surface area contributed by atoms with Gasteiger partial charge in [0.2, 0.25) is 0 Å². The number of pyridine rings is 2. The summed E-state index contributed by atoms with van der Waals surface area (Å²) in [5, 5.41) is 0. The van der Waals surface area contributed by atoms with E-state index < -0.39 is 0 Å². The average Bonchev–Trinajstić information content (AvgIpc) is 2.43. The molecule has 0 aliphatic rings. The van der Waals surface area contributed by atoms with Gasteiger partial charge >= 0.3 is 0 Å². The number of nitrogens with one attached hydrogen (secondary N) is 1. The number of aromatic nitrogens is 2. The van der Waals surface area contributed by atoms with Gasteiger partial charge in [0.15, 0.2) is 0 Å². The minimum atomic E-state index is -0.00297. The number of aryl methyl sites for hydroxylation is 1. The molecule has 4 heteroatoms. The molecule has 19 heavy (non-hydrogen) atoms. The van der Waals surface area contributed by atoms with Crippen molar-refractivity contribution in [2.24, 2.45) is 0 Å². The van der Waals surface area contributed by atoms with E-state index in [4.69, 9.17) is 0 Å². The molecule has 0 fully saturated rings. The minimum absolute atomic E-state index is 0.00297. The molecule has 2 heterocycles. The summed E-state index contributed by atoms with van der Waals surface area (Å²) in [4.78, 5) is 21.5. The molecular weight excluding hydrogens is 238 g/mol. The molecule has 0 atom stereocenters. The number of hydrogen-bond acceptors (Lipinski definition) is 3. The quantitative estimate of drug-likeness (QED) is 0.896. The standard InChI is InChI=1S/C15H21N3O/c1-4-12-8-13-14(17-15(12)19)7-11(9-16-13)10-18(5-2)6-3/h7-9H,4-6,10H2,1-3H3,(H,17,19). The second-order valence-electron chi connectivity index (χ2n) is 4.72. The fourth-order valence-electron chi connectivity index (χ4n) is 2.22. The fourth-order valence-corrected chi connectivity index (χ4v) is 2.22. The van der Waals surface area contributed by atoms with Gasteiger partial charge in [0.05, 0.1) is 11.0 Å². The molecule has 0 amide bonds. The van der Waals surface area contributed by atoms with Gasteiger partial charge in [-0.25, -0.2) is 0 Å². The Balaban J connectivity index is 2.38. The Morgan fingerprint density at radius 3 is 2.58 bits per heavy atom. The van der Waals surface area contributed by atoms with Crippen molar-refractivity contribution in [1.29, 1.82) is 0 Å². The van der Waals surface area contributed by atoms with Gasteiger partial charge in [-0.3, -0.25) is 14.7 Å². The Hall–Kier alpha value is -1.68. The maximum Gasteiger partial charge on any atom is 0.251 e. The first-order valence-electron chi connectivity index (χ1n) is 6.91. The van der Waals surface area contributed by atoms with Crippen molar-refractivity contribution < 1.29 is 0 Å². The molecule has 0 saturated carbocycles. The zero-order chi connectivity index (χ0) is 13.8. The molecule has 0 bridgehead atoms. The molecule has 2 rings (SSSR count). The third-order valence-electron chi connectivity index (χ3n) is 3.51. The van der Waals surface area contributed by atoms with Crippen LogP contribution in [0.2, 0.25) is 0 Å². The van der Waals surface area contributed by atoms with Crippen LogP contribution in [0.15, 0.2) is 23.1 Å². The maximum atomic E-state index is 11.8. The van der Waals surface area contributed by atoms with E-state index in [2.05, 4.69) is 28.7 Å². The van der Waals surface area contributed by atoms with Crippen LogP contribution in [0.25, 0.3) is 11.0 Å². The van der Waals surface area contributed by atoms with Crippen LogP contribution in [0.5, 0.6) is 0 Å². The number of aromatic amines is 1. The Bertz CT molecular complexity index is 614. The molecular formula is C15H21N3O. The highest BCUT2D eigenvalue weighted by Gasteiger charge is 2.05. The molecule has 2 aromatic rings. The molecule has 0 radical (unpaired) electrons. The van der Waals surface area contributed by atoms with E-state index in [1.807, 2.05) is 25.3 Å². The summed E-state index contributed by atoms with van der Waals surface area (Å²) in [6.07, 6.45) is 2.63. The van der Waals surface area contributed by atoms with E-state index in [1.54, 1.807) is 0 Å². The first-order chi connectivity index (χ1) is 9.17. The average molecular weight is 259 g/mol. The van der Waals surface area contributed by atoms with Gasteiger partial charge in [-0.05, 0) is 37.2 Å². The lowest BCUT2D eigenvalue weighted by Gasteiger charge is -2.17. The highest BCUT2D eigenvalue weighted by Crippen LogP contribution is 2.12. The number of fused-ring (bicyclic) bond motifs is 1. The van der Waals surface area contributed by atoms with Crippen LogP contribution < -0.4 is 5.56 Å².